The van der Waals surface area contributed by atoms with Crippen LogP contribution in [-0.4, -0.2) is 34.0 Å². The fourth-order valence-corrected chi connectivity index (χ4v) is 6.94. The Bertz CT molecular complexity index is 1290. The van der Waals surface area contributed by atoms with Gasteiger partial charge >= 0.3 is 5.97 Å². The van der Waals surface area contributed by atoms with Gasteiger partial charge in [0.2, 0.25) is 0 Å². The Morgan fingerprint density at radius 3 is 2.59 bits per heavy atom. The number of hydrogen-bond acceptors (Lipinski definition) is 3. The van der Waals surface area contributed by atoms with Gasteiger partial charge in [-0.05, 0) is 85.9 Å². The van der Waals surface area contributed by atoms with Crippen molar-refractivity contribution < 1.29 is 24.1 Å². The first kappa shape index (κ1) is 21.7. The standard InChI is InChI=1S/C28H30FNO4/c1-16-14-18(6-7-20(16)29)30-21-4-2-5-22(31)23(21)24(26(30)17-8-12-34-13-9-17)25-19(27(32)33)15-28(25)10-3-11-28/h2,4-7,14,17,19,25,31H,3,8-13,15H2,1H3,(H,32,33). The number of carbonyl (C=O) groups is 1. The topological polar surface area (TPSA) is 71.7 Å². The summed E-state index contributed by atoms with van der Waals surface area (Å²) in [6.07, 6.45) is 5.56. The molecule has 2 aromatic carbocycles. The molecule has 3 aromatic rings. The first-order valence-corrected chi connectivity index (χ1v) is 12.3. The number of aromatic hydroxyl groups is 1. The largest absolute Gasteiger partial charge is 0.507 e. The minimum Gasteiger partial charge on any atom is -0.507 e. The molecular formula is C28H30FNO4. The number of carboxylic acid groups (broad SMARTS) is 1. The molecule has 34 heavy (non-hydrogen) atoms. The van der Waals surface area contributed by atoms with Gasteiger partial charge in [-0.2, -0.15) is 0 Å². The van der Waals surface area contributed by atoms with E-state index in [9.17, 15) is 19.4 Å². The van der Waals surface area contributed by atoms with E-state index in [4.69, 9.17) is 4.74 Å². The van der Waals surface area contributed by atoms with Crippen LogP contribution in [0.5, 0.6) is 5.75 Å². The molecule has 6 heteroatoms. The number of phenols is 1. The van der Waals surface area contributed by atoms with Crippen LogP contribution in [0.2, 0.25) is 0 Å². The van der Waals surface area contributed by atoms with Crippen molar-refractivity contribution in [2.45, 2.75) is 57.3 Å². The highest BCUT2D eigenvalue weighted by atomic mass is 19.1. The van der Waals surface area contributed by atoms with Crippen molar-refractivity contribution in [2.24, 2.45) is 11.3 Å². The van der Waals surface area contributed by atoms with Crippen molar-refractivity contribution in [1.29, 1.82) is 0 Å². The molecule has 1 aromatic heterocycles. The fraction of sp³-hybridized carbons (Fsp3) is 0.464. The Morgan fingerprint density at radius 2 is 1.94 bits per heavy atom. The third-order valence-corrected chi connectivity index (χ3v) is 8.72. The van der Waals surface area contributed by atoms with E-state index in [-0.39, 0.29) is 28.8 Å². The summed E-state index contributed by atoms with van der Waals surface area (Å²) in [5.74, 6) is -1.23. The number of benzene rings is 2. The number of rotatable bonds is 4. The van der Waals surface area contributed by atoms with Crippen LogP contribution in [0.4, 0.5) is 4.39 Å². The molecule has 0 bridgehead atoms. The predicted octanol–water partition coefficient (Wildman–Crippen LogP) is 6.04. The van der Waals surface area contributed by atoms with Gasteiger partial charge in [0.05, 0.1) is 11.4 Å². The quantitative estimate of drug-likeness (QED) is 0.495. The minimum atomic E-state index is -0.755. The molecule has 2 saturated carbocycles. The average molecular weight is 464 g/mol. The molecular weight excluding hydrogens is 433 g/mol. The maximum absolute atomic E-state index is 14.2. The van der Waals surface area contributed by atoms with Gasteiger partial charge in [0.1, 0.15) is 11.6 Å². The molecule has 2 unspecified atom stereocenters. The lowest BCUT2D eigenvalue weighted by Gasteiger charge is -2.60. The molecule has 2 N–H and O–H groups in total. The number of ether oxygens (including phenoxy) is 1. The number of phenolic OH excluding ortho intramolecular Hbond substituents is 1. The number of aryl methyl sites for hydroxylation is 1. The number of nitrogens with zero attached hydrogens (tertiary/aromatic N) is 1. The van der Waals surface area contributed by atoms with Crippen molar-refractivity contribution in [3.05, 3.63) is 59.0 Å². The summed E-state index contributed by atoms with van der Waals surface area (Å²) < 4.78 is 22.0. The Morgan fingerprint density at radius 1 is 1.18 bits per heavy atom. The van der Waals surface area contributed by atoms with Crippen molar-refractivity contribution in [1.82, 2.24) is 4.57 Å². The van der Waals surface area contributed by atoms with Crippen molar-refractivity contribution >= 4 is 16.9 Å². The minimum absolute atomic E-state index is 0.00306. The zero-order chi connectivity index (χ0) is 23.6. The highest BCUT2D eigenvalue weighted by molar-refractivity contribution is 5.94. The summed E-state index contributed by atoms with van der Waals surface area (Å²) >= 11 is 0. The second-order valence-corrected chi connectivity index (χ2v) is 10.5. The lowest BCUT2D eigenvalue weighted by Crippen LogP contribution is -2.53. The lowest BCUT2D eigenvalue weighted by atomic mass is 9.43. The molecule has 0 radical (unpaired) electrons. The van der Waals surface area contributed by atoms with Crippen molar-refractivity contribution in [3.8, 4) is 11.4 Å². The van der Waals surface area contributed by atoms with Gasteiger partial charge in [-0.25, -0.2) is 4.39 Å². The number of aromatic nitrogens is 1. The molecule has 2 aliphatic carbocycles. The van der Waals surface area contributed by atoms with Gasteiger partial charge in [-0.3, -0.25) is 4.79 Å². The first-order valence-electron chi connectivity index (χ1n) is 12.3. The Kier molecular flexibility index (Phi) is 4.99. The first-order chi connectivity index (χ1) is 16.4. The van der Waals surface area contributed by atoms with Crippen LogP contribution >= 0.6 is 0 Å². The van der Waals surface area contributed by atoms with E-state index in [1.807, 2.05) is 18.2 Å². The Balaban J connectivity index is 1.68. The van der Waals surface area contributed by atoms with Gasteiger partial charge < -0.3 is 19.5 Å². The highest BCUT2D eigenvalue weighted by Crippen LogP contribution is 2.69. The number of carboxylic acids is 1. The third-order valence-electron chi connectivity index (χ3n) is 8.72. The van der Waals surface area contributed by atoms with Crippen LogP contribution in [0, 0.1) is 24.1 Å². The number of aliphatic carboxylic acids is 1. The molecule has 2 heterocycles. The molecule has 1 saturated heterocycles. The van der Waals surface area contributed by atoms with E-state index in [0.29, 0.717) is 25.2 Å². The number of fused-ring (bicyclic) bond motifs is 1. The monoisotopic (exact) mass is 463 g/mol. The van der Waals surface area contributed by atoms with Crippen LogP contribution in [0.15, 0.2) is 36.4 Å². The highest BCUT2D eigenvalue weighted by Gasteiger charge is 2.61. The van der Waals surface area contributed by atoms with E-state index < -0.39 is 11.9 Å². The summed E-state index contributed by atoms with van der Waals surface area (Å²) in [6.45, 7) is 3.06. The summed E-state index contributed by atoms with van der Waals surface area (Å²) in [5, 5.41) is 22.0. The van der Waals surface area contributed by atoms with Crippen LogP contribution in [0.3, 0.4) is 0 Å². The number of hydrogen-bond donors (Lipinski definition) is 2. The van der Waals surface area contributed by atoms with E-state index in [2.05, 4.69) is 4.57 Å². The molecule has 1 spiro atoms. The molecule has 1 aliphatic heterocycles. The van der Waals surface area contributed by atoms with Gasteiger partial charge in [-0.1, -0.05) is 12.5 Å². The molecule has 178 valence electrons. The zero-order valence-corrected chi connectivity index (χ0v) is 19.4. The number of halogens is 1. The Labute approximate surface area is 198 Å². The lowest BCUT2D eigenvalue weighted by molar-refractivity contribution is -0.159. The summed E-state index contributed by atoms with van der Waals surface area (Å²) in [6, 6.07) is 10.6. The Hall–Kier alpha value is -2.86. The van der Waals surface area contributed by atoms with E-state index >= 15 is 0 Å². The molecule has 5 nitrogen and oxygen atoms in total. The molecule has 6 rings (SSSR count). The van der Waals surface area contributed by atoms with Crippen molar-refractivity contribution in [2.75, 3.05) is 13.2 Å². The van der Waals surface area contributed by atoms with Crippen molar-refractivity contribution in [3.63, 3.8) is 0 Å². The molecule has 2 atom stereocenters. The van der Waals surface area contributed by atoms with Crippen LogP contribution < -0.4 is 0 Å². The second-order valence-electron chi connectivity index (χ2n) is 10.5. The zero-order valence-electron chi connectivity index (χ0n) is 19.4. The van der Waals surface area contributed by atoms with Gasteiger partial charge in [-0.15, -0.1) is 0 Å². The fourth-order valence-electron chi connectivity index (χ4n) is 6.94. The van der Waals surface area contributed by atoms with Gasteiger partial charge in [0, 0.05) is 41.8 Å². The normalized spacial score (nSPS) is 24.2. The SMILES string of the molecule is Cc1cc(-n2c(C3CCOCC3)c(C3C(C(=O)O)CC34CCC4)c3c(O)cccc32)ccc1F. The molecule has 3 aliphatic rings. The third kappa shape index (κ3) is 3.04. The smallest absolute Gasteiger partial charge is 0.307 e. The summed E-state index contributed by atoms with van der Waals surface area (Å²) in [5.41, 5.74) is 4.34. The second kappa shape index (κ2) is 7.84. The van der Waals surface area contributed by atoms with Crippen LogP contribution in [-0.2, 0) is 9.53 Å². The van der Waals surface area contributed by atoms with Gasteiger partial charge in [0.25, 0.3) is 0 Å². The predicted molar refractivity (Wildman–Crippen MR) is 127 cm³/mol. The van der Waals surface area contributed by atoms with E-state index in [0.717, 1.165) is 60.0 Å². The van der Waals surface area contributed by atoms with Crippen LogP contribution in [0.25, 0.3) is 16.6 Å². The summed E-state index contributed by atoms with van der Waals surface area (Å²) in [4.78, 5) is 12.3. The molecule has 3 fully saturated rings. The van der Waals surface area contributed by atoms with Gasteiger partial charge in [0.15, 0.2) is 0 Å². The van der Waals surface area contributed by atoms with E-state index in [1.54, 1.807) is 19.1 Å². The average Bonchev–Trinajstić information content (AvgIpc) is 3.10. The maximum atomic E-state index is 14.2. The summed E-state index contributed by atoms with van der Waals surface area (Å²) in [7, 11) is 0. The maximum Gasteiger partial charge on any atom is 0.307 e. The van der Waals surface area contributed by atoms with E-state index in [1.165, 1.54) is 6.07 Å². The molecule has 0 amide bonds. The van der Waals surface area contributed by atoms with Crippen LogP contribution in [0.1, 0.15) is 67.2 Å².